The summed E-state index contributed by atoms with van der Waals surface area (Å²) in [4.78, 5) is 3.73. The minimum atomic E-state index is -4.29. The highest BCUT2D eigenvalue weighted by molar-refractivity contribution is 5.86. The highest BCUT2D eigenvalue weighted by Crippen LogP contribution is 2.37. The predicted molar refractivity (Wildman–Crippen MR) is 130 cm³/mol. The first kappa shape index (κ1) is 23.5. The summed E-state index contributed by atoms with van der Waals surface area (Å²) in [6.45, 7) is 3.21. The third kappa shape index (κ3) is 3.85. The van der Waals surface area contributed by atoms with Crippen LogP contribution in [0.2, 0.25) is 0 Å². The van der Waals surface area contributed by atoms with Crippen molar-refractivity contribution in [1.82, 2.24) is 19.4 Å². The number of hydrogen-bond acceptors (Lipinski definition) is 6. The fraction of sp³-hybridized carbons (Fsp3) is 0.400. The number of benzene rings is 1. The molecule has 37 heavy (non-hydrogen) atoms. The molecule has 0 unspecified atom stereocenters. The van der Waals surface area contributed by atoms with E-state index in [4.69, 9.17) is 10.8 Å². The molecule has 192 valence electrons. The summed E-state index contributed by atoms with van der Waals surface area (Å²) in [7, 11) is 0. The molecular formula is C25H24F4N8. The van der Waals surface area contributed by atoms with Crippen LogP contribution in [0.3, 0.4) is 0 Å². The van der Waals surface area contributed by atoms with Crippen LogP contribution >= 0.6 is 0 Å². The van der Waals surface area contributed by atoms with Crippen molar-refractivity contribution in [3.63, 3.8) is 0 Å². The highest BCUT2D eigenvalue weighted by atomic mass is 19.4. The van der Waals surface area contributed by atoms with Gasteiger partial charge in [-0.25, -0.2) is 8.91 Å². The number of hydrogen-bond donors (Lipinski definition) is 1. The molecule has 0 bridgehead atoms. The first-order chi connectivity index (χ1) is 17.6. The van der Waals surface area contributed by atoms with Crippen LogP contribution < -0.4 is 15.5 Å². The molecule has 0 spiro atoms. The predicted octanol–water partition coefficient (Wildman–Crippen LogP) is 3.99. The number of anilines is 2. The summed E-state index contributed by atoms with van der Waals surface area (Å²) in [5.74, 6) is -1.98. The summed E-state index contributed by atoms with van der Waals surface area (Å²) in [5.41, 5.74) is 9.34. The zero-order valence-corrected chi connectivity index (χ0v) is 20.0. The van der Waals surface area contributed by atoms with Crippen LogP contribution in [0, 0.1) is 23.1 Å². The SMILES string of the molecule is C[C@@H]1CN(c2ccc(C#N)n3ncc(F)c23)Cc2c3ccc(N4C[C@H](N)C[C@H](C(F)(F)F)C4)cc3nn21. The molecule has 2 aliphatic heterocycles. The number of nitrogens with zero attached hydrogens (tertiary/aromatic N) is 7. The molecule has 6 rings (SSSR count). The van der Waals surface area contributed by atoms with Gasteiger partial charge in [-0.05, 0) is 43.7 Å². The fourth-order valence-corrected chi connectivity index (χ4v) is 5.67. The second-order valence-corrected chi connectivity index (χ2v) is 9.93. The van der Waals surface area contributed by atoms with Crippen LogP contribution in [0.4, 0.5) is 28.9 Å². The Kier molecular flexibility index (Phi) is 5.31. The largest absolute Gasteiger partial charge is 0.393 e. The monoisotopic (exact) mass is 512 g/mol. The Bertz CT molecular complexity index is 1550. The molecular weight excluding hydrogens is 488 g/mol. The standard InChI is InChI=1S/C25H24F4N8/c1-14-10-35(22-5-3-18(8-30)37-24(22)20(26)9-32-37)13-23-19-4-2-17(7-21(19)33-36(14)23)34-11-15(25(27,28)29)6-16(31)12-34/h2-5,7,9,14-16H,6,10-13,31H2,1H3/t14-,15+,16-/m1/s1. The number of alkyl halides is 3. The number of aromatic nitrogens is 4. The first-order valence-electron chi connectivity index (χ1n) is 12.0. The summed E-state index contributed by atoms with van der Waals surface area (Å²) >= 11 is 0. The third-order valence-electron chi connectivity index (χ3n) is 7.39. The number of piperidine rings is 1. The maximum atomic E-state index is 14.7. The van der Waals surface area contributed by atoms with Crippen molar-refractivity contribution >= 4 is 27.8 Å². The summed E-state index contributed by atoms with van der Waals surface area (Å²) in [5, 5.41) is 19.0. The molecule has 8 nitrogen and oxygen atoms in total. The molecule has 1 aromatic carbocycles. The maximum absolute atomic E-state index is 14.7. The molecule has 1 saturated heterocycles. The smallest absolute Gasteiger partial charge is 0.369 e. The number of rotatable bonds is 2. The van der Waals surface area contributed by atoms with Crippen LogP contribution in [0.15, 0.2) is 36.5 Å². The van der Waals surface area contributed by atoms with E-state index in [2.05, 4.69) is 5.10 Å². The number of halogens is 4. The van der Waals surface area contributed by atoms with Gasteiger partial charge in [0.15, 0.2) is 5.82 Å². The highest BCUT2D eigenvalue weighted by Gasteiger charge is 2.44. The average Bonchev–Trinajstić information content (AvgIpc) is 3.43. The third-order valence-corrected chi connectivity index (χ3v) is 7.39. The second-order valence-electron chi connectivity index (χ2n) is 9.93. The van der Waals surface area contributed by atoms with Gasteiger partial charge in [0, 0.05) is 36.7 Å². The minimum Gasteiger partial charge on any atom is -0.369 e. The zero-order chi connectivity index (χ0) is 26.1. The Morgan fingerprint density at radius 2 is 1.92 bits per heavy atom. The van der Waals surface area contributed by atoms with Gasteiger partial charge in [0.2, 0.25) is 0 Å². The molecule has 5 heterocycles. The summed E-state index contributed by atoms with van der Waals surface area (Å²) < 4.78 is 58.2. The van der Waals surface area contributed by atoms with E-state index in [0.717, 1.165) is 17.3 Å². The van der Waals surface area contributed by atoms with Crippen molar-refractivity contribution in [3.05, 3.63) is 53.7 Å². The second kappa shape index (κ2) is 8.34. The van der Waals surface area contributed by atoms with Gasteiger partial charge in [-0.2, -0.15) is 28.6 Å². The van der Waals surface area contributed by atoms with E-state index in [1.807, 2.05) is 40.8 Å². The van der Waals surface area contributed by atoms with Crippen molar-refractivity contribution in [1.29, 1.82) is 5.26 Å². The van der Waals surface area contributed by atoms with E-state index < -0.39 is 24.0 Å². The van der Waals surface area contributed by atoms with E-state index >= 15 is 0 Å². The zero-order valence-electron chi connectivity index (χ0n) is 20.0. The van der Waals surface area contributed by atoms with Crippen LogP contribution in [-0.4, -0.2) is 51.2 Å². The molecule has 2 N–H and O–H groups in total. The normalized spacial score (nSPS) is 22.5. The Labute approximate surface area is 209 Å². The lowest BCUT2D eigenvalue weighted by atomic mass is 9.93. The number of fused-ring (bicyclic) bond motifs is 4. The molecule has 3 atom stereocenters. The lowest BCUT2D eigenvalue weighted by molar-refractivity contribution is -0.177. The molecule has 12 heteroatoms. The van der Waals surface area contributed by atoms with E-state index in [-0.39, 0.29) is 30.2 Å². The number of pyridine rings is 1. The summed E-state index contributed by atoms with van der Waals surface area (Å²) in [6, 6.07) is 10.3. The van der Waals surface area contributed by atoms with E-state index in [0.29, 0.717) is 36.5 Å². The van der Waals surface area contributed by atoms with E-state index in [1.54, 1.807) is 17.0 Å². The van der Waals surface area contributed by atoms with Crippen LogP contribution in [-0.2, 0) is 6.54 Å². The summed E-state index contributed by atoms with van der Waals surface area (Å²) in [6.07, 6.45) is -3.27. The van der Waals surface area contributed by atoms with Gasteiger partial charge in [-0.3, -0.25) is 4.68 Å². The molecule has 2 aliphatic rings. The van der Waals surface area contributed by atoms with Crippen LogP contribution in [0.5, 0.6) is 0 Å². The van der Waals surface area contributed by atoms with Crippen molar-refractivity contribution < 1.29 is 17.6 Å². The van der Waals surface area contributed by atoms with Gasteiger partial charge in [0.1, 0.15) is 17.3 Å². The Balaban J connectivity index is 1.35. The average molecular weight is 513 g/mol. The van der Waals surface area contributed by atoms with Gasteiger partial charge in [0.05, 0.1) is 41.6 Å². The van der Waals surface area contributed by atoms with Crippen LogP contribution in [0.25, 0.3) is 16.4 Å². The molecule has 0 amide bonds. The molecule has 3 aromatic heterocycles. The molecule has 1 fully saturated rings. The first-order valence-corrected chi connectivity index (χ1v) is 12.0. The van der Waals surface area contributed by atoms with Crippen molar-refractivity contribution in [2.75, 3.05) is 29.4 Å². The van der Waals surface area contributed by atoms with Gasteiger partial charge in [-0.1, -0.05) is 0 Å². The quantitative estimate of drug-likeness (QED) is 0.409. The van der Waals surface area contributed by atoms with Gasteiger partial charge in [-0.15, -0.1) is 0 Å². The molecule has 0 radical (unpaired) electrons. The Morgan fingerprint density at radius 1 is 1.11 bits per heavy atom. The van der Waals surface area contributed by atoms with Gasteiger partial charge >= 0.3 is 6.18 Å². The Morgan fingerprint density at radius 3 is 2.68 bits per heavy atom. The van der Waals surface area contributed by atoms with Gasteiger partial charge in [0.25, 0.3) is 0 Å². The lowest BCUT2D eigenvalue weighted by Crippen LogP contribution is -2.51. The van der Waals surface area contributed by atoms with Crippen LogP contribution in [0.1, 0.15) is 30.8 Å². The molecule has 4 aromatic rings. The fourth-order valence-electron chi connectivity index (χ4n) is 5.67. The molecule has 0 aliphatic carbocycles. The Hall–Kier alpha value is -3.85. The van der Waals surface area contributed by atoms with E-state index in [9.17, 15) is 22.8 Å². The van der Waals surface area contributed by atoms with E-state index in [1.165, 1.54) is 4.52 Å². The van der Waals surface area contributed by atoms with Crippen molar-refractivity contribution in [2.24, 2.45) is 11.7 Å². The number of nitrogens with two attached hydrogens (primary N) is 1. The topological polar surface area (TPSA) is 91.4 Å². The molecule has 0 saturated carbocycles. The van der Waals surface area contributed by atoms with Crippen molar-refractivity contribution in [2.45, 2.75) is 38.1 Å². The van der Waals surface area contributed by atoms with Crippen molar-refractivity contribution in [3.8, 4) is 6.07 Å². The number of nitriles is 1. The maximum Gasteiger partial charge on any atom is 0.393 e. The lowest BCUT2D eigenvalue weighted by Gasteiger charge is -2.38. The minimum absolute atomic E-state index is 0.0562. The van der Waals surface area contributed by atoms with Gasteiger partial charge < -0.3 is 15.5 Å².